The van der Waals surface area contributed by atoms with Crippen LogP contribution in [0.15, 0.2) is 24.4 Å². The molecule has 1 aliphatic heterocycles. The highest BCUT2D eigenvalue weighted by atomic mass is 19.1. The van der Waals surface area contributed by atoms with Crippen LogP contribution >= 0.6 is 0 Å². The van der Waals surface area contributed by atoms with Crippen LogP contribution in [0.25, 0.3) is 0 Å². The molecule has 1 N–H and O–H groups in total. The van der Waals surface area contributed by atoms with Crippen LogP contribution in [0.3, 0.4) is 0 Å². The van der Waals surface area contributed by atoms with Crippen LogP contribution in [0, 0.1) is 18.7 Å². The molecule has 2 aromatic rings. The van der Waals surface area contributed by atoms with E-state index in [9.17, 15) is 14.3 Å². The molecule has 2 unspecified atom stereocenters. The fourth-order valence-electron chi connectivity index (χ4n) is 3.46. The van der Waals surface area contributed by atoms with E-state index < -0.39 is 5.97 Å². The topological polar surface area (TPSA) is 71.2 Å². The number of carboxylic acid groups (broad SMARTS) is 1. The predicted molar refractivity (Wildman–Crippen MR) is 85.9 cm³/mol. The number of hydrogen-bond donors (Lipinski definition) is 1. The molecule has 0 bridgehead atoms. The van der Waals surface area contributed by atoms with Crippen molar-refractivity contribution in [1.29, 1.82) is 0 Å². The molecule has 2 heterocycles. The van der Waals surface area contributed by atoms with Crippen LogP contribution in [0.2, 0.25) is 0 Å². The third-order valence-electron chi connectivity index (χ3n) is 4.55. The molecule has 1 fully saturated rings. The summed E-state index contributed by atoms with van der Waals surface area (Å²) >= 11 is 0. The molecule has 7 heteroatoms. The van der Waals surface area contributed by atoms with Crippen molar-refractivity contribution in [3.63, 3.8) is 0 Å². The number of carbonyl (C=O) groups is 1. The fourth-order valence-corrected chi connectivity index (χ4v) is 3.46. The number of nitrogens with zero attached hydrogens (tertiary/aromatic N) is 4. The van der Waals surface area contributed by atoms with Crippen molar-refractivity contribution in [2.45, 2.75) is 25.8 Å². The van der Waals surface area contributed by atoms with Gasteiger partial charge < -0.3 is 5.11 Å². The van der Waals surface area contributed by atoms with Crippen molar-refractivity contribution in [3.05, 3.63) is 47.0 Å². The maximum absolute atomic E-state index is 14.0. The Labute approximate surface area is 139 Å². The van der Waals surface area contributed by atoms with Gasteiger partial charge >= 0.3 is 5.97 Å². The Kier molecular flexibility index (Phi) is 4.62. The van der Waals surface area contributed by atoms with Gasteiger partial charge in [0.1, 0.15) is 5.82 Å². The molecule has 128 valence electrons. The summed E-state index contributed by atoms with van der Waals surface area (Å²) in [6.45, 7) is 3.67. The van der Waals surface area contributed by atoms with Gasteiger partial charge in [-0.15, -0.1) is 5.10 Å². The molecule has 3 rings (SSSR count). The molecule has 0 spiro atoms. The van der Waals surface area contributed by atoms with Gasteiger partial charge in [0.2, 0.25) is 0 Å². The summed E-state index contributed by atoms with van der Waals surface area (Å²) in [6.07, 6.45) is 1.91. The molecule has 0 saturated carbocycles. The Morgan fingerprint density at radius 2 is 2.21 bits per heavy atom. The van der Waals surface area contributed by atoms with E-state index >= 15 is 0 Å². The lowest BCUT2D eigenvalue weighted by Crippen LogP contribution is -2.21. The first-order chi connectivity index (χ1) is 11.4. The minimum atomic E-state index is -0.822. The average Bonchev–Trinajstić information content (AvgIpc) is 3.09. The van der Waals surface area contributed by atoms with Crippen molar-refractivity contribution in [2.24, 2.45) is 13.0 Å². The standard InChI is InChI=1S/C17H21FN4O2/c1-11-3-4-15(18)13(5-11)8-22-7-12(6-17(23)24)14(9-22)16-10-21(2)20-19-16/h3-5,10,12,14H,6-9H2,1-2H3,(H,23,24). The van der Waals surface area contributed by atoms with Gasteiger partial charge in [0.25, 0.3) is 0 Å². The number of benzene rings is 1. The van der Waals surface area contributed by atoms with E-state index in [0.29, 0.717) is 25.2 Å². The molecular formula is C17H21FN4O2. The maximum Gasteiger partial charge on any atom is 0.303 e. The lowest BCUT2D eigenvalue weighted by molar-refractivity contribution is -0.138. The molecule has 6 nitrogen and oxygen atoms in total. The zero-order valence-corrected chi connectivity index (χ0v) is 13.8. The predicted octanol–water partition coefficient (Wildman–Crippen LogP) is 1.95. The largest absolute Gasteiger partial charge is 0.481 e. The third kappa shape index (κ3) is 3.62. The van der Waals surface area contributed by atoms with E-state index in [1.165, 1.54) is 6.07 Å². The second-order valence-electron chi connectivity index (χ2n) is 6.57. The van der Waals surface area contributed by atoms with Crippen molar-refractivity contribution in [3.8, 4) is 0 Å². The van der Waals surface area contributed by atoms with Gasteiger partial charge in [0.15, 0.2) is 0 Å². The second kappa shape index (κ2) is 6.68. The van der Waals surface area contributed by atoms with Crippen LogP contribution in [0.5, 0.6) is 0 Å². The number of aliphatic carboxylic acids is 1. The first-order valence-electron chi connectivity index (χ1n) is 7.97. The summed E-state index contributed by atoms with van der Waals surface area (Å²) in [5.74, 6) is -1.09. The molecule has 1 saturated heterocycles. The van der Waals surface area contributed by atoms with E-state index in [0.717, 1.165) is 11.3 Å². The van der Waals surface area contributed by atoms with Gasteiger partial charge in [0, 0.05) is 44.4 Å². The molecule has 24 heavy (non-hydrogen) atoms. The smallest absolute Gasteiger partial charge is 0.303 e. The van der Waals surface area contributed by atoms with Crippen molar-refractivity contribution < 1.29 is 14.3 Å². The number of aryl methyl sites for hydroxylation is 2. The van der Waals surface area contributed by atoms with Crippen molar-refractivity contribution in [2.75, 3.05) is 13.1 Å². The SMILES string of the molecule is Cc1ccc(F)c(CN2CC(CC(=O)O)C(c3cn(C)nn3)C2)c1. The Balaban J connectivity index is 1.78. The highest BCUT2D eigenvalue weighted by Gasteiger charge is 2.36. The van der Waals surface area contributed by atoms with Crippen LogP contribution in [0.1, 0.15) is 29.2 Å². The van der Waals surface area contributed by atoms with Crippen LogP contribution in [-0.4, -0.2) is 44.1 Å². The van der Waals surface area contributed by atoms with Gasteiger partial charge in [-0.3, -0.25) is 14.4 Å². The minimum absolute atomic E-state index is 0.00247. The first kappa shape index (κ1) is 16.6. The fraction of sp³-hybridized carbons (Fsp3) is 0.471. The molecule has 0 aliphatic carbocycles. The molecule has 0 amide bonds. The quantitative estimate of drug-likeness (QED) is 0.906. The number of aromatic nitrogens is 3. The Bertz CT molecular complexity index is 746. The Morgan fingerprint density at radius 1 is 1.42 bits per heavy atom. The van der Waals surface area contributed by atoms with Crippen molar-refractivity contribution in [1.82, 2.24) is 19.9 Å². The van der Waals surface area contributed by atoms with Gasteiger partial charge in [0.05, 0.1) is 12.1 Å². The average molecular weight is 332 g/mol. The van der Waals surface area contributed by atoms with Crippen LogP contribution < -0.4 is 0 Å². The summed E-state index contributed by atoms with van der Waals surface area (Å²) < 4.78 is 15.6. The molecule has 0 radical (unpaired) electrons. The number of carboxylic acids is 1. The van der Waals surface area contributed by atoms with E-state index in [1.54, 1.807) is 17.8 Å². The number of halogens is 1. The van der Waals surface area contributed by atoms with E-state index in [-0.39, 0.29) is 24.1 Å². The third-order valence-corrected chi connectivity index (χ3v) is 4.55. The van der Waals surface area contributed by atoms with Crippen LogP contribution in [-0.2, 0) is 18.4 Å². The minimum Gasteiger partial charge on any atom is -0.481 e. The first-order valence-corrected chi connectivity index (χ1v) is 7.97. The summed E-state index contributed by atoms with van der Waals surface area (Å²) in [5.41, 5.74) is 2.46. The van der Waals surface area contributed by atoms with Gasteiger partial charge in [-0.1, -0.05) is 22.9 Å². The summed E-state index contributed by atoms with van der Waals surface area (Å²) in [4.78, 5) is 13.3. The van der Waals surface area contributed by atoms with E-state index in [1.807, 2.05) is 19.2 Å². The van der Waals surface area contributed by atoms with Crippen molar-refractivity contribution >= 4 is 5.97 Å². The summed E-state index contributed by atoms with van der Waals surface area (Å²) in [7, 11) is 1.79. The summed E-state index contributed by atoms with van der Waals surface area (Å²) in [6, 6.07) is 5.07. The molecule has 1 aliphatic rings. The van der Waals surface area contributed by atoms with Gasteiger partial charge in [-0.2, -0.15) is 0 Å². The normalized spacial score (nSPS) is 21.3. The highest BCUT2D eigenvalue weighted by molar-refractivity contribution is 5.67. The lowest BCUT2D eigenvalue weighted by atomic mass is 9.91. The Hall–Kier alpha value is -2.28. The maximum atomic E-state index is 14.0. The van der Waals surface area contributed by atoms with Crippen LogP contribution in [0.4, 0.5) is 4.39 Å². The zero-order valence-electron chi connectivity index (χ0n) is 13.8. The number of hydrogen-bond acceptors (Lipinski definition) is 4. The Morgan fingerprint density at radius 3 is 2.88 bits per heavy atom. The monoisotopic (exact) mass is 332 g/mol. The number of rotatable bonds is 5. The van der Waals surface area contributed by atoms with E-state index in [2.05, 4.69) is 15.2 Å². The molecule has 2 atom stereocenters. The summed E-state index contributed by atoms with van der Waals surface area (Å²) in [5, 5.41) is 17.3. The van der Waals surface area contributed by atoms with Gasteiger partial charge in [-0.25, -0.2) is 4.39 Å². The van der Waals surface area contributed by atoms with Gasteiger partial charge in [-0.05, 0) is 18.9 Å². The molecule has 1 aromatic carbocycles. The molecule has 1 aromatic heterocycles. The number of likely N-dealkylation sites (tertiary alicyclic amines) is 1. The van der Waals surface area contributed by atoms with E-state index in [4.69, 9.17) is 0 Å². The zero-order chi connectivity index (χ0) is 17.3. The lowest BCUT2D eigenvalue weighted by Gasteiger charge is -2.16. The second-order valence-corrected chi connectivity index (χ2v) is 6.57. The highest BCUT2D eigenvalue weighted by Crippen LogP contribution is 2.34. The molecular weight excluding hydrogens is 311 g/mol.